The number of nitrogens with two attached hydrogens (primary N) is 1. The third-order valence-corrected chi connectivity index (χ3v) is 3.39. The van der Waals surface area contributed by atoms with Crippen molar-refractivity contribution in [3.8, 4) is 0 Å². The molecular weight excluding hydrogens is 309 g/mol. The number of anilines is 3. The van der Waals surface area contributed by atoms with E-state index in [-0.39, 0.29) is 5.41 Å². The second-order valence-electron chi connectivity index (χ2n) is 5.58. The van der Waals surface area contributed by atoms with Crippen LogP contribution in [0.1, 0.15) is 26.6 Å². The molecule has 1 heterocycles. The van der Waals surface area contributed by atoms with Gasteiger partial charge in [0.25, 0.3) is 0 Å². The third kappa shape index (κ3) is 3.75. The van der Waals surface area contributed by atoms with Crippen LogP contribution in [0.25, 0.3) is 0 Å². The molecule has 0 radical (unpaired) electrons. The second-order valence-corrected chi connectivity index (χ2v) is 6.39. The van der Waals surface area contributed by atoms with Crippen molar-refractivity contribution in [1.29, 1.82) is 0 Å². The summed E-state index contributed by atoms with van der Waals surface area (Å²) in [5.41, 5.74) is 2.92. The highest BCUT2D eigenvalue weighted by atomic mass is 35.5. The number of nitrogens with zero attached hydrogens (tertiary/aromatic N) is 2. The van der Waals surface area contributed by atoms with Crippen LogP contribution in [0, 0.1) is 0 Å². The zero-order chi connectivity index (χ0) is 15.6. The number of hydrazine groups is 1. The minimum atomic E-state index is -0.215. The molecule has 1 aromatic carbocycles. The summed E-state index contributed by atoms with van der Waals surface area (Å²) in [4.78, 5) is 8.85. The summed E-state index contributed by atoms with van der Waals surface area (Å²) in [6, 6.07) is 6.98. The maximum Gasteiger partial charge on any atom is 0.145 e. The number of aromatic nitrogens is 2. The van der Waals surface area contributed by atoms with Gasteiger partial charge in [-0.05, 0) is 12.1 Å². The van der Waals surface area contributed by atoms with E-state index in [0.29, 0.717) is 33.2 Å². The van der Waals surface area contributed by atoms with Crippen LogP contribution in [-0.4, -0.2) is 9.97 Å². The molecule has 0 bridgehead atoms. The van der Waals surface area contributed by atoms with Gasteiger partial charge in [0.05, 0.1) is 15.7 Å². The zero-order valence-corrected chi connectivity index (χ0v) is 13.5. The van der Waals surface area contributed by atoms with E-state index in [0.717, 1.165) is 0 Å². The highest BCUT2D eigenvalue weighted by Gasteiger charge is 2.19. The lowest BCUT2D eigenvalue weighted by Crippen LogP contribution is -2.19. The normalized spacial score (nSPS) is 11.3. The van der Waals surface area contributed by atoms with Crippen molar-refractivity contribution in [2.24, 2.45) is 5.84 Å². The van der Waals surface area contributed by atoms with Crippen molar-refractivity contribution in [1.82, 2.24) is 9.97 Å². The predicted octanol–water partition coefficient (Wildman–Crippen LogP) is 4.11. The van der Waals surface area contributed by atoms with Crippen molar-refractivity contribution in [2.75, 3.05) is 10.7 Å². The van der Waals surface area contributed by atoms with Crippen molar-refractivity contribution in [3.63, 3.8) is 0 Å². The maximum atomic E-state index is 6.15. The minimum Gasteiger partial charge on any atom is -0.338 e. The molecule has 0 aliphatic carbocycles. The van der Waals surface area contributed by atoms with Crippen LogP contribution in [0.3, 0.4) is 0 Å². The van der Waals surface area contributed by atoms with Gasteiger partial charge in [0, 0.05) is 11.5 Å². The van der Waals surface area contributed by atoms with Crippen LogP contribution in [0.15, 0.2) is 24.3 Å². The fourth-order valence-corrected chi connectivity index (χ4v) is 2.16. The van der Waals surface area contributed by atoms with Gasteiger partial charge in [0.1, 0.15) is 17.5 Å². The fraction of sp³-hybridized carbons (Fsp3) is 0.286. The van der Waals surface area contributed by atoms with E-state index in [1.807, 2.05) is 20.8 Å². The number of para-hydroxylation sites is 1. The standard InChI is InChI=1S/C14H17Cl2N5/c1-14(2,3)13-19-10(7-11(20-13)21-17)18-12-8(15)5-4-6-9(12)16/h4-7H,17H2,1-3H3,(H2,18,19,20,21). The third-order valence-electron chi connectivity index (χ3n) is 2.76. The SMILES string of the molecule is CC(C)(C)c1nc(NN)cc(Nc2c(Cl)cccc2Cl)n1. The molecule has 0 saturated carbocycles. The predicted molar refractivity (Wildman–Crippen MR) is 88.3 cm³/mol. The molecule has 2 rings (SSSR count). The Hall–Kier alpha value is -1.56. The molecule has 0 unspecified atom stereocenters. The molecule has 0 aliphatic heterocycles. The van der Waals surface area contributed by atoms with Crippen molar-refractivity contribution in [2.45, 2.75) is 26.2 Å². The van der Waals surface area contributed by atoms with Crippen LogP contribution in [0.2, 0.25) is 10.0 Å². The van der Waals surface area contributed by atoms with Gasteiger partial charge in [0.15, 0.2) is 0 Å². The Labute approximate surface area is 133 Å². The Morgan fingerprint density at radius 2 is 1.62 bits per heavy atom. The highest BCUT2D eigenvalue weighted by Crippen LogP contribution is 2.33. The molecule has 0 aliphatic rings. The summed E-state index contributed by atoms with van der Waals surface area (Å²) in [6.45, 7) is 6.07. The Bertz CT molecular complexity index is 632. The number of nitrogens with one attached hydrogen (secondary N) is 2. The van der Waals surface area contributed by atoms with Crippen LogP contribution in [0.5, 0.6) is 0 Å². The monoisotopic (exact) mass is 325 g/mol. The fourth-order valence-electron chi connectivity index (χ4n) is 1.67. The Balaban J connectivity index is 2.45. The first-order valence-electron chi connectivity index (χ1n) is 6.38. The average Bonchev–Trinajstić information content (AvgIpc) is 2.42. The van der Waals surface area contributed by atoms with Gasteiger partial charge in [-0.25, -0.2) is 15.8 Å². The van der Waals surface area contributed by atoms with Crippen molar-refractivity contribution >= 4 is 40.5 Å². The van der Waals surface area contributed by atoms with E-state index in [1.165, 1.54) is 0 Å². The summed E-state index contributed by atoms with van der Waals surface area (Å²) >= 11 is 12.3. The number of halogens is 2. The Kier molecular flexibility index (Phi) is 4.56. The second kappa shape index (κ2) is 6.05. The Morgan fingerprint density at radius 1 is 1.05 bits per heavy atom. The average molecular weight is 326 g/mol. The van der Waals surface area contributed by atoms with E-state index in [9.17, 15) is 0 Å². The van der Waals surface area contributed by atoms with E-state index >= 15 is 0 Å². The first-order valence-corrected chi connectivity index (χ1v) is 7.14. The van der Waals surface area contributed by atoms with Gasteiger partial charge in [-0.2, -0.15) is 0 Å². The van der Waals surface area contributed by atoms with Gasteiger partial charge < -0.3 is 10.7 Å². The number of rotatable bonds is 3. The maximum absolute atomic E-state index is 6.15. The summed E-state index contributed by atoms with van der Waals surface area (Å²) in [6.07, 6.45) is 0. The van der Waals surface area contributed by atoms with Crippen LogP contribution in [0.4, 0.5) is 17.3 Å². The molecule has 2 aromatic rings. The lowest BCUT2D eigenvalue weighted by atomic mass is 9.96. The first kappa shape index (κ1) is 15.8. The highest BCUT2D eigenvalue weighted by molar-refractivity contribution is 6.39. The number of hydrogen-bond donors (Lipinski definition) is 3. The van der Waals surface area contributed by atoms with E-state index in [4.69, 9.17) is 29.0 Å². The first-order chi connectivity index (χ1) is 9.81. The molecule has 0 saturated heterocycles. The molecule has 4 N–H and O–H groups in total. The van der Waals surface area contributed by atoms with Crippen LogP contribution < -0.4 is 16.6 Å². The molecular formula is C14H17Cl2N5. The zero-order valence-electron chi connectivity index (χ0n) is 12.0. The van der Waals surface area contributed by atoms with E-state index in [1.54, 1.807) is 24.3 Å². The number of benzene rings is 1. The Morgan fingerprint density at radius 3 is 2.14 bits per heavy atom. The van der Waals surface area contributed by atoms with Crippen molar-refractivity contribution in [3.05, 3.63) is 40.1 Å². The molecule has 112 valence electrons. The molecule has 0 atom stereocenters. The molecule has 0 amide bonds. The molecule has 21 heavy (non-hydrogen) atoms. The summed E-state index contributed by atoms with van der Waals surface area (Å²) < 4.78 is 0. The molecule has 0 spiro atoms. The molecule has 5 nitrogen and oxygen atoms in total. The van der Waals surface area contributed by atoms with Gasteiger partial charge in [0.2, 0.25) is 0 Å². The lowest BCUT2D eigenvalue weighted by molar-refractivity contribution is 0.547. The van der Waals surface area contributed by atoms with Gasteiger partial charge in [-0.1, -0.05) is 50.0 Å². The molecule has 0 fully saturated rings. The van der Waals surface area contributed by atoms with Crippen LogP contribution >= 0.6 is 23.2 Å². The van der Waals surface area contributed by atoms with Gasteiger partial charge in [-0.3, -0.25) is 0 Å². The number of hydrogen-bond acceptors (Lipinski definition) is 5. The molecule has 1 aromatic heterocycles. The topological polar surface area (TPSA) is 75.9 Å². The minimum absolute atomic E-state index is 0.215. The van der Waals surface area contributed by atoms with Gasteiger partial charge in [-0.15, -0.1) is 0 Å². The van der Waals surface area contributed by atoms with E-state index in [2.05, 4.69) is 20.7 Å². The summed E-state index contributed by atoms with van der Waals surface area (Å²) in [5, 5.41) is 4.15. The molecule has 7 heteroatoms. The van der Waals surface area contributed by atoms with E-state index < -0.39 is 0 Å². The quantitative estimate of drug-likeness (QED) is 0.584. The largest absolute Gasteiger partial charge is 0.338 e. The van der Waals surface area contributed by atoms with Crippen LogP contribution in [-0.2, 0) is 5.41 Å². The summed E-state index contributed by atoms with van der Waals surface area (Å²) in [7, 11) is 0. The van der Waals surface area contributed by atoms with Crippen molar-refractivity contribution < 1.29 is 0 Å². The lowest BCUT2D eigenvalue weighted by Gasteiger charge is -2.19. The number of nitrogen functional groups attached to an aromatic ring is 1. The smallest absolute Gasteiger partial charge is 0.145 e. The van der Waals surface area contributed by atoms with Gasteiger partial charge >= 0.3 is 0 Å². The summed E-state index contributed by atoms with van der Waals surface area (Å²) in [5.74, 6) is 7.20.